The second-order valence-electron chi connectivity index (χ2n) is 6.84. The molecule has 2 aromatic rings. The molecule has 29 heavy (non-hydrogen) atoms. The van der Waals surface area contributed by atoms with Gasteiger partial charge >= 0.3 is 0 Å². The van der Waals surface area contributed by atoms with E-state index in [0.29, 0.717) is 31.6 Å². The van der Waals surface area contributed by atoms with Crippen LogP contribution in [0.15, 0.2) is 65.6 Å². The molecule has 2 aromatic carbocycles. The van der Waals surface area contributed by atoms with Crippen molar-refractivity contribution < 1.29 is 13.2 Å². The van der Waals surface area contributed by atoms with Crippen molar-refractivity contribution in [1.82, 2.24) is 4.90 Å². The molecule has 0 radical (unpaired) electrons. The fourth-order valence-electron chi connectivity index (χ4n) is 3.38. The first-order chi connectivity index (χ1) is 13.9. The third-order valence-corrected chi connectivity index (χ3v) is 5.86. The van der Waals surface area contributed by atoms with Crippen molar-refractivity contribution in [2.45, 2.75) is 17.7 Å². The highest BCUT2D eigenvalue weighted by Crippen LogP contribution is 2.27. The summed E-state index contributed by atoms with van der Waals surface area (Å²) >= 11 is 0. The summed E-state index contributed by atoms with van der Waals surface area (Å²) in [6, 6.07) is 17.6. The first-order valence-electron chi connectivity index (χ1n) is 9.22. The molecule has 7 nitrogen and oxygen atoms in total. The Balaban J connectivity index is 1.61. The molecule has 1 aliphatic rings. The van der Waals surface area contributed by atoms with Crippen LogP contribution in [0, 0.1) is 17.2 Å². The molecule has 1 aliphatic heterocycles. The third kappa shape index (κ3) is 5.22. The minimum atomic E-state index is -3.76. The number of likely N-dealkylation sites (tertiary alicyclic amines) is 1. The highest BCUT2D eigenvalue weighted by atomic mass is 32.2. The van der Waals surface area contributed by atoms with Gasteiger partial charge in [-0.3, -0.25) is 4.79 Å². The van der Waals surface area contributed by atoms with E-state index < -0.39 is 10.0 Å². The standard InChI is InChI=1S/C21H22N4O3S/c22-13-10-20(16-4-2-1-3-5-16)25-14-11-17(12-15-25)21(26)24-18-6-8-19(9-7-18)29(23,27)28/h1-10,17H,11-12,14-15H2,(H,24,26)(H2,23,27,28)/b20-10-. The minimum Gasteiger partial charge on any atom is -0.370 e. The number of nitriles is 1. The van der Waals surface area contributed by atoms with Gasteiger partial charge in [-0.1, -0.05) is 30.3 Å². The minimum absolute atomic E-state index is 0.00142. The Labute approximate surface area is 170 Å². The van der Waals surface area contributed by atoms with Crippen molar-refractivity contribution in [3.05, 3.63) is 66.2 Å². The number of hydrogen-bond donors (Lipinski definition) is 2. The van der Waals surface area contributed by atoms with Crippen molar-refractivity contribution in [2.75, 3.05) is 18.4 Å². The lowest BCUT2D eigenvalue weighted by molar-refractivity contribution is -0.121. The van der Waals surface area contributed by atoms with Gasteiger partial charge in [-0.25, -0.2) is 13.6 Å². The summed E-state index contributed by atoms with van der Waals surface area (Å²) < 4.78 is 22.6. The lowest BCUT2D eigenvalue weighted by atomic mass is 9.94. The Hall–Kier alpha value is -3.15. The number of benzene rings is 2. The summed E-state index contributed by atoms with van der Waals surface area (Å²) in [5.41, 5.74) is 2.37. The van der Waals surface area contributed by atoms with E-state index in [-0.39, 0.29) is 16.7 Å². The average molecular weight is 410 g/mol. The number of hydrogen-bond acceptors (Lipinski definition) is 5. The molecule has 0 atom stereocenters. The second kappa shape index (κ2) is 8.90. The molecule has 8 heteroatoms. The molecule has 0 bridgehead atoms. The summed E-state index contributed by atoms with van der Waals surface area (Å²) in [5, 5.41) is 17.1. The zero-order chi connectivity index (χ0) is 20.9. The van der Waals surface area contributed by atoms with Crippen molar-refractivity contribution in [1.29, 1.82) is 5.26 Å². The molecule has 1 fully saturated rings. The summed E-state index contributed by atoms with van der Waals surface area (Å²) in [6.45, 7) is 1.34. The number of rotatable bonds is 5. The van der Waals surface area contributed by atoms with Crippen LogP contribution in [-0.4, -0.2) is 32.3 Å². The number of nitrogens with one attached hydrogen (secondary N) is 1. The second-order valence-corrected chi connectivity index (χ2v) is 8.41. The largest absolute Gasteiger partial charge is 0.370 e. The fraction of sp³-hybridized carbons (Fsp3) is 0.238. The Morgan fingerprint density at radius 1 is 1.10 bits per heavy atom. The van der Waals surface area contributed by atoms with Gasteiger partial charge in [0, 0.05) is 30.8 Å². The number of carbonyl (C=O) groups excluding carboxylic acids is 1. The van der Waals surface area contributed by atoms with Gasteiger partial charge in [0.05, 0.1) is 16.7 Å². The van der Waals surface area contributed by atoms with Crippen LogP contribution in [0.25, 0.3) is 5.70 Å². The lowest BCUT2D eigenvalue weighted by Gasteiger charge is -2.34. The molecule has 0 aliphatic carbocycles. The number of nitrogens with two attached hydrogens (primary N) is 1. The van der Waals surface area contributed by atoms with E-state index in [9.17, 15) is 13.2 Å². The summed E-state index contributed by atoms with van der Waals surface area (Å²) in [6.07, 6.45) is 2.87. The number of anilines is 1. The number of carbonyl (C=O) groups is 1. The number of primary sulfonamides is 1. The summed E-state index contributed by atoms with van der Waals surface area (Å²) in [4.78, 5) is 14.7. The predicted octanol–water partition coefficient (Wildman–Crippen LogP) is 2.55. The molecule has 0 spiro atoms. The maximum Gasteiger partial charge on any atom is 0.238 e. The van der Waals surface area contributed by atoms with Gasteiger partial charge in [-0.05, 0) is 42.7 Å². The number of allylic oxidation sites excluding steroid dienone is 1. The number of nitrogens with zero attached hydrogens (tertiary/aromatic N) is 2. The molecule has 3 N–H and O–H groups in total. The van der Waals surface area contributed by atoms with Crippen molar-refractivity contribution in [3.63, 3.8) is 0 Å². The molecular weight excluding hydrogens is 388 g/mol. The van der Waals surface area contributed by atoms with E-state index in [1.807, 2.05) is 30.3 Å². The van der Waals surface area contributed by atoms with Crippen molar-refractivity contribution in [2.24, 2.45) is 11.1 Å². The molecule has 1 saturated heterocycles. The van der Waals surface area contributed by atoms with Gasteiger partial charge < -0.3 is 10.2 Å². The van der Waals surface area contributed by atoms with E-state index in [4.69, 9.17) is 10.4 Å². The molecule has 0 saturated carbocycles. The summed E-state index contributed by atoms with van der Waals surface area (Å²) in [5.74, 6) is -0.248. The third-order valence-electron chi connectivity index (χ3n) is 4.93. The van der Waals surface area contributed by atoms with Crippen LogP contribution < -0.4 is 10.5 Å². The first-order valence-corrected chi connectivity index (χ1v) is 10.8. The van der Waals surface area contributed by atoms with Gasteiger partial charge in [-0.2, -0.15) is 5.26 Å². The molecule has 1 amide bonds. The van der Waals surface area contributed by atoms with E-state index in [0.717, 1.165) is 11.3 Å². The van der Waals surface area contributed by atoms with Crippen LogP contribution in [0.4, 0.5) is 5.69 Å². The topological polar surface area (TPSA) is 116 Å². The average Bonchev–Trinajstić information content (AvgIpc) is 2.72. The van der Waals surface area contributed by atoms with E-state index >= 15 is 0 Å². The van der Waals surface area contributed by atoms with Crippen LogP contribution in [0.2, 0.25) is 0 Å². The van der Waals surface area contributed by atoms with E-state index in [1.54, 1.807) is 6.08 Å². The SMILES string of the molecule is N#C/C=C(/c1ccccc1)N1CCC(C(=O)Nc2ccc(S(N)(=O)=O)cc2)CC1. The predicted molar refractivity (Wildman–Crippen MR) is 111 cm³/mol. The van der Waals surface area contributed by atoms with Crippen molar-refractivity contribution in [3.8, 4) is 6.07 Å². The smallest absolute Gasteiger partial charge is 0.238 e. The number of sulfonamides is 1. The normalized spacial score (nSPS) is 15.6. The van der Waals surface area contributed by atoms with Gasteiger partial charge in [-0.15, -0.1) is 0 Å². The molecule has 150 valence electrons. The molecular formula is C21H22N4O3S. The zero-order valence-electron chi connectivity index (χ0n) is 15.8. The van der Waals surface area contributed by atoms with Gasteiger partial charge in [0.1, 0.15) is 0 Å². The Morgan fingerprint density at radius 3 is 2.28 bits per heavy atom. The van der Waals surface area contributed by atoms with Gasteiger partial charge in [0.15, 0.2) is 0 Å². The van der Waals surface area contributed by atoms with E-state index in [2.05, 4.69) is 16.3 Å². The first kappa shape index (κ1) is 20.6. The molecule has 0 unspecified atom stereocenters. The molecule has 0 aromatic heterocycles. The Morgan fingerprint density at radius 2 is 1.72 bits per heavy atom. The van der Waals surface area contributed by atoms with E-state index in [1.165, 1.54) is 24.3 Å². The summed E-state index contributed by atoms with van der Waals surface area (Å²) in [7, 11) is -3.76. The van der Waals surface area contributed by atoms with Gasteiger partial charge in [0.2, 0.25) is 15.9 Å². The Kier molecular flexibility index (Phi) is 6.32. The maximum absolute atomic E-state index is 12.6. The van der Waals surface area contributed by atoms with Crippen LogP contribution in [0.1, 0.15) is 18.4 Å². The zero-order valence-corrected chi connectivity index (χ0v) is 16.6. The highest BCUT2D eigenvalue weighted by Gasteiger charge is 2.26. The Bertz CT molecular complexity index is 1030. The van der Waals surface area contributed by atoms with Crippen LogP contribution in [-0.2, 0) is 14.8 Å². The van der Waals surface area contributed by atoms with Crippen LogP contribution in [0.5, 0.6) is 0 Å². The van der Waals surface area contributed by atoms with Crippen LogP contribution in [0.3, 0.4) is 0 Å². The lowest BCUT2D eigenvalue weighted by Crippen LogP contribution is -2.37. The van der Waals surface area contributed by atoms with Crippen molar-refractivity contribution >= 4 is 27.3 Å². The number of amides is 1. The van der Waals surface area contributed by atoms with Crippen LogP contribution >= 0.6 is 0 Å². The maximum atomic E-state index is 12.6. The number of piperidine rings is 1. The molecule has 1 heterocycles. The fourth-order valence-corrected chi connectivity index (χ4v) is 3.90. The van der Waals surface area contributed by atoms with Gasteiger partial charge in [0.25, 0.3) is 0 Å². The highest BCUT2D eigenvalue weighted by molar-refractivity contribution is 7.89. The monoisotopic (exact) mass is 410 g/mol. The quantitative estimate of drug-likeness (QED) is 0.735. The molecule has 3 rings (SSSR count).